The first-order chi connectivity index (χ1) is 5.29. The molecule has 0 radical (unpaired) electrons. The molecule has 0 spiro atoms. The maximum atomic E-state index is 4.97. The average Bonchev–Trinajstić information content (AvgIpc) is 2.03. The Morgan fingerprint density at radius 2 is 1.75 bits per heavy atom. The van der Waals surface area contributed by atoms with Crippen molar-refractivity contribution in [2.24, 2.45) is 0 Å². The summed E-state index contributed by atoms with van der Waals surface area (Å²) < 4.78 is 0. The van der Waals surface area contributed by atoms with Gasteiger partial charge in [0.25, 0.3) is 0 Å². The third kappa shape index (κ3) is 4.78. The fourth-order valence-electron chi connectivity index (χ4n) is 0.628. The Bertz CT molecular complexity index is 204. The molecule has 0 amide bonds. The van der Waals surface area contributed by atoms with Crippen molar-refractivity contribution in [2.75, 3.05) is 0 Å². The minimum absolute atomic E-state index is 0. The van der Waals surface area contributed by atoms with Crippen LogP contribution in [-0.4, -0.2) is 6.10 Å². The third-order valence-corrected chi connectivity index (χ3v) is 1.08. The largest absolute Gasteiger partial charge is 1.00 e. The molecule has 0 fully saturated rings. The quantitative estimate of drug-likeness (QED) is 0.352. The van der Waals surface area contributed by atoms with Crippen molar-refractivity contribution in [2.45, 2.75) is 20.0 Å². The molecule has 0 bridgehead atoms. The van der Waals surface area contributed by atoms with Crippen LogP contribution in [0.25, 0.3) is 0 Å². The molecule has 1 aromatic rings. The Morgan fingerprint density at radius 3 is 2.25 bits per heavy atom. The zero-order chi connectivity index (χ0) is 8.10. The normalized spacial score (nSPS) is 9.25. The van der Waals surface area contributed by atoms with Crippen molar-refractivity contribution in [3.05, 3.63) is 30.3 Å². The molecule has 0 aromatic heterocycles. The summed E-state index contributed by atoms with van der Waals surface area (Å²) in [5, 5.41) is 0. The minimum atomic E-state index is 0. The number of hydrogen-bond donors (Lipinski definition) is 0. The fourth-order valence-corrected chi connectivity index (χ4v) is 0.628. The molecule has 62 valence electrons. The van der Waals surface area contributed by atoms with Gasteiger partial charge in [-0.15, -0.1) is 0 Å². The molecule has 0 heterocycles. The second-order valence-electron chi connectivity index (χ2n) is 2.54. The summed E-state index contributed by atoms with van der Waals surface area (Å²) in [6.07, 6.45) is 0.0928. The first-order valence-corrected chi connectivity index (χ1v) is 3.67. The molecule has 0 aliphatic heterocycles. The van der Waals surface area contributed by atoms with E-state index in [9.17, 15) is 0 Å². The van der Waals surface area contributed by atoms with E-state index in [4.69, 9.17) is 9.78 Å². The molecule has 2 nitrogen and oxygen atoms in total. The molecule has 0 aliphatic carbocycles. The van der Waals surface area contributed by atoms with Crippen LogP contribution in [-0.2, 0) is 4.89 Å². The summed E-state index contributed by atoms with van der Waals surface area (Å²) in [6.45, 7) is 3.84. The molecule has 0 saturated heterocycles. The number of hydrogen-bond acceptors (Lipinski definition) is 2. The Balaban J connectivity index is 0. The number of para-hydroxylation sites is 1. The van der Waals surface area contributed by atoms with Gasteiger partial charge in [0.1, 0.15) is 0 Å². The summed E-state index contributed by atoms with van der Waals surface area (Å²) in [7, 11) is 0. The van der Waals surface area contributed by atoms with Crippen LogP contribution in [0.1, 0.15) is 15.3 Å². The summed E-state index contributed by atoms with van der Waals surface area (Å²) in [5.41, 5.74) is 0. The first kappa shape index (κ1) is 12.0. The standard InChI is InChI=1S/C9H12O2.Na.H/c1-8(2)10-11-9-6-4-3-5-7-9;;/h3-8H,1-2H3;;/q;+1;-1. The summed E-state index contributed by atoms with van der Waals surface area (Å²) in [4.78, 5) is 9.90. The molecular weight excluding hydrogens is 163 g/mol. The Kier molecular flexibility index (Phi) is 6.48. The van der Waals surface area contributed by atoms with Crippen molar-refractivity contribution in [1.29, 1.82) is 0 Å². The van der Waals surface area contributed by atoms with Crippen molar-refractivity contribution in [1.82, 2.24) is 0 Å². The van der Waals surface area contributed by atoms with Crippen molar-refractivity contribution >= 4 is 0 Å². The molecule has 0 aliphatic rings. The van der Waals surface area contributed by atoms with Crippen LogP contribution in [0.15, 0.2) is 30.3 Å². The van der Waals surface area contributed by atoms with Gasteiger partial charge in [-0.25, -0.2) is 0 Å². The van der Waals surface area contributed by atoms with Gasteiger partial charge in [-0.3, -0.25) is 0 Å². The maximum absolute atomic E-state index is 4.97. The SMILES string of the molecule is CC(C)OOc1ccccc1.[H-].[Na+]. The van der Waals surface area contributed by atoms with E-state index in [2.05, 4.69) is 0 Å². The Labute approximate surface area is 96.6 Å². The van der Waals surface area contributed by atoms with Gasteiger partial charge in [0.05, 0.1) is 6.10 Å². The van der Waals surface area contributed by atoms with E-state index in [1.807, 2.05) is 44.2 Å². The van der Waals surface area contributed by atoms with E-state index >= 15 is 0 Å². The molecule has 1 rings (SSSR count). The monoisotopic (exact) mass is 176 g/mol. The molecule has 12 heavy (non-hydrogen) atoms. The number of benzene rings is 1. The van der Waals surface area contributed by atoms with Crippen LogP contribution >= 0.6 is 0 Å². The van der Waals surface area contributed by atoms with Crippen LogP contribution < -0.4 is 34.4 Å². The molecule has 0 N–H and O–H groups in total. The predicted octanol–water partition coefficient (Wildman–Crippen LogP) is -0.478. The smallest absolute Gasteiger partial charge is 1.00 e. The fraction of sp³-hybridized carbons (Fsp3) is 0.333. The van der Waals surface area contributed by atoms with Crippen molar-refractivity contribution < 1.29 is 40.8 Å². The molecule has 0 unspecified atom stereocenters. The van der Waals surface area contributed by atoms with Gasteiger partial charge in [0.15, 0.2) is 5.75 Å². The van der Waals surface area contributed by atoms with Gasteiger partial charge in [0, 0.05) is 0 Å². The Morgan fingerprint density at radius 1 is 1.17 bits per heavy atom. The summed E-state index contributed by atoms with van der Waals surface area (Å²) in [6, 6.07) is 9.44. The second kappa shape index (κ2) is 6.49. The van der Waals surface area contributed by atoms with Crippen molar-refractivity contribution in [3.63, 3.8) is 0 Å². The molecule has 0 atom stereocenters. The van der Waals surface area contributed by atoms with Gasteiger partial charge in [0.2, 0.25) is 0 Å². The number of rotatable bonds is 3. The molecule has 1 aromatic carbocycles. The molecular formula is C9H13NaO2. The van der Waals surface area contributed by atoms with Crippen LogP contribution in [0.4, 0.5) is 0 Å². The average molecular weight is 176 g/mol. The van der Waals surface area contributed by atoms with Crippen LogP contribution in [0.2, 0.25) is 0 Å². The van der Waals surface area contributed by atoms with Crippen molar-refractivity contribution in [3.8, 4) is 5.75 Å². The predicted molar refractivity (Wildman–Crippen MR) is 44.4 cm³/mol. The summed E-state index contributed by atoms with van der Waals surface area (Å²) in [5.74, 6) is 0.737. The zero-order valence-electron chi connectivity index (χ0n) is 8.78. The van der Waals surface area contributed by atoms with Gasteiger partial charge in [-0.2, -0.15) is 4.89 Å². The van der Waals surface area contributed by atoms with E-state index in [1.165, 1.54) is 0 Å². The minimum Gasteiger partial charge on any atom is -1.00 e. The first-order valence-electron chi connectivity index (χ1n) is 3.67. The maximum Gasteiger partial charge on any atom is 1.00 e. The van der Waals surface area contributed by atoms with Crippen LogP contribution in [0, 0.1) is 0 Å². The van der Waals surface area contributed by atoms with Crippen LogP contribution in [0.5, 0.6) is 5.75 Å². The van der Waals surface area contributed by atoms with Crippen LogP contribution in [0.3, 0.4) is 0 Å². The topological polar surface area (TPSA) is 18.5 Å². The van der Waals surface area contributed by atoms with Gasteiger partial charge in [-0.05, 0) is 26.0 Å². The second-order valence-corrected chi connectivity index (χ2v) is 2.54. The van der Waals surface area contributed by atoms with E-state index in [-0.39, 0.29) is 37.1 Å². The van der Waals surface area contributed by atoms with E-state index < -0.39 is 0 Å². The third-order valence-electron chi connectivity index (χ3n) is 1.08. The van der Waals surface area contributed by atoms with Gasteiger partial charge >= 0.3 is 29.6 Å². The zero-order valence-corrected chi connectivity index (χ0v) is 9.78. The van der Waals surface area contributed by atoms with E-state index in [0.29, 0.717) is 0 Å². The van der Waals surface area contributed by atoms with E-state index in [0.717, 1.165) is 5.75 Å². The molecule has 3 heteroatoms. The van der Waals surface area contributed by atoms with Gasteiger partial charge < -0.3 is 6.31 Å². The summed E-state index contributed by atoms with van der Waals surface area (Å²) >= 11 is 0. The van der Waals surface area contributed by atoms with Gasteiger partial charge in [-0.1, -0.05) is 18.2 Å². The molecule has 0 saturated carbocycles. The Hall–Kier alpha value is -0.0200. The van der Waals surface area contributed by atoms with E-state index in [1.54, 1.807) is 0 Å².